The summed E-state index contributed by atoms with van der Waals surface area (Å²) < 4.78 is 19.4. The van der Waals surface area contributed by atoms with E-state index in [1.807, 2.05) is 14.0 Å². The number of benzene rings is 1. The van der Waals surface area contributed by atoms with E-state index < -0.39 is 0 Å². The zero-order valence-corrected chi connectivity index (χ0v) is 11.2. The molecule has 0 aliphatic rings. The maximum absolute atomic E-state index is 13.1. The van der Waals surface area contributed by atoms with E-state index >= 15 is 0 Å². The van der Waals surface area contributed by atoms with Gasteiger partial charge in [0, 0.05) is 17.1 Å². The van der Waals surface area contributed by atoms with Gasteiger partial charge < -0.3 is 10.1 Å². The van der Waals surface area contributed by atoms with Gasteiger partial charge in [-0.05, 0) is 44.2 Å². The highest BCUT2D eigenvalue weighted by atomic mass is 79.9. The van der Waals surface area contributed by atoms with Gasteiger partial charge in [-0.25, -0.2) is 4.39 Å². The van der Waals surface area contributed by atoms with E-state index in [1.54, 1.807) is 12.1 Å². The molecule has 0 radical (unpaired) electrons. The molecule has 0 amide bonds. The molecule has 0 aromatic heterocycles. The SMILES string of the molecule is CCOCC(Cc1cc(F)ccc1Br)NC. The molecule has 0 bridgehead atoms. The van der Waals surface area contributed by atoms with Crippen molar-refractivity contribution in [3.63, 3.8) is 0 Å². The number of rotatable bonds is 6. The molecule has 0 heterocycles. The lowest BCUT2D eigenvalue weighted by molar-refractivity contribution is 0.125. The smallest absolute Gasteiger partial charge is 0.123 e. The topological polar surface area (TPSA) is 21.3 Å². The number of nitrogens with one attached hydrogen (secondary N) is 1. The summed E-state index contributed by atoms with van der Waals surface area (Å²) in [6.45, 7) is 3.29. The van der Waals surface area contributed by atoms with Crippen LogP contribution in [0, 0.1) is 5.82 Å². The average Bonchev–Trinajstić information content (AvgIpc) is 2.28. The first kappa shape index (κ1) is 13.6. The van der Waals surface area contributed by atoms with Gasteiger partial charge in [0.15, 0.2) is 0 Å². The van der Waals surface area contributed by atoms with Crippen LogP contribution in [0.25, 0.3) is 0 Å². The van der Waals surface area contributed by atoms with Crippen LogP contribution in [0.1, 0.15) is 12.5 Å². The largest absolute Gasteiger partial charge is 0.380 e. The van der Waals surface area contributed by atoms with Crippen molar-refractivity contribution in [1.29, 1.82) is 0 Å². The number of ether oxygens (including phenoxy) is 1. The molecule has 1 aromatic carbocycles. The Labute approximate surface area is 104 Å². The maximum Gasteiger partial charge on any atom is 0.123 e. The molecule has 2 nitrogen and oxygen atoms in total. The van der Waals surface area contributed by atoms with Crippen molar-refractivity contribution in [2.75, 3.05) is 20.3 Å². The Balaban J connectivity index is 2.65. The van der Waals surface area contributed by atoms with Crippen molar-refractivity contribution < 1.29 is 9.13 Å². The van der Waals surface area contributed by atoms with Gasteiger partial charge >= 0.3 is 0 Å². The first-order chi connectivity index (χ1) is 7.67. The molecule has 0 saturated heterocycles. The molecule has 0 fully saturated rings. The predicted molar refractivity (Wildman–Crippen MR) is 67.1 cm³/mol. The summed E-state index contributed by atoms with van der Waals surface area (Å²) in [5, 5.41) is 3.16. The normalized spacial score (nSPS) is 12.8. The zero-order valence-electron chi connectivity index (χ0n) is 9.59. The van der Waals surface area contributed by atoms with Crippen LogP contribution >= 0.6 is 15.9 Å². The molecule has 0 saturated carbocycles. The Hall–Kier alpha value is -0.450. The molecule has 0 spiro atoms. The molecular weight excluding hydrogens is 273 g/mol. The predicted octanol–water partition coefficient (Wildman–Crippen LogP) is 2.76. The van der Waals surface area contributed by atoms with Crippen molar-refractivity contribution >= 4 is 15.9 Å². The number of likely N-dealkylation sites (N-methyl/N-ethyl adjacent to an activating group) is 1. The van der Waals surface area contributed by atoms with Crippen molar-refractivity contribution in [3.8, 4) is 0 Å². The van der Waals surface area contributed by atoms with Crippen LogP contribution in [-0.4, -0.2) is 26.3 Å². The molecule has 1 atom stereocenters. The summed E-state index contributed by atoms with van der Waals surface area (Å²) in [6, 6.07) is 4.95. The lowest BCUT2D eigenvalue weighted by atomic mass is 10.1. The van der Waals surface area contributed by atoms with Crippen molar-refractivity contribution in [3.05, 3.63) is 34.1 Å². The van der Waals surface area contributed by atoms with Crippen LogP contribution in [0.15, 0.2) is 22.7 Å². The Morgan fingerprint density at radius 3 is 2.88 bits per heavy atom. The van der Waals surface area contributed by atoms with Crippen LogP contribution in [0.5, 0.6) is 0 Å². The van der Waals surface area contributed by atoms with E-state index in [0.29, 0.717) is 13.2 Å². The molecule has 1 aromatic rings. The fourth-order valence-electron chi connectivity index (χ4n) is 1.47. The highest BCUT2D eigenvalue weighted by molar-refractivity contribution is 9.10. The van der Waals surface area contributed by atoms with Crippen LogP contribution in [0.2, 0.25) is 0 Å². The van der Waals surface area contributed by atoms with Crippen molar-refractivity contribution in [1.82, 2.24) is 5.32 Å². The van der Waals surface area contributed by atoms with Gasteiger partial charge in [-0.3, -0.25) is 0 Å². The Kier molecular flexibility index (Phi) is 5.95. The van der Waals surface area contributed by atoms with E-state index in [0.717, 1.165) is 16.5 Å². The fraction of sp³-hybridized carbons (Fsp3) is 0.500. The number of hydrogen-bond donors (Lipinski definition) is 1. The van der Waals surface area contributed by atoms with Gasteiger partial charge in [-0.15, -0.1) is 0 Å². The third-order valence-electron chi connectivity index (χ3n) is 2.41. The van der Waals surface area contributed by atoms with Crippen molar-refractivity contribution in [2.45, 2.75) is 19.4 Å². The molecule has 90 valence electrons. The molecule has 1 rings (SSSR count). The third-order valence-corrected chi connectivity index (χ3v) is 3.18. The zero-order chi connectivity index (χ0) is 12.0. The second kappa shape index (κ2) is 6.99. The summed E-state index contributed by atoms with van der Waals surface area (Å²) in [7, 11) is 1.89. The van der Waals surface area contributed by atoms with Crippen LogP contribution in [-0.2, 0) is 11.2 Å². The van der Waals surface area contributed by atoms with Gasteiger partial charge in [-0.1, -0.05) is 15.9 Å². The van der Waals surface area contributed by atoms with Crippen molar-refractivity contribution in [2.24, 2.45) is 0 Å². The molecule has 1 N–H and O–H groups in total. The molecule has 1 unspecified atom stereocenters. The Morgan fingerprint density at radius 2 is 2.25 bits per heavy atom. The summed E-state index contributed by atoms with van der Waals surface area (Å²) in [4.78, 5) is 0. The highest BCUT2D eigenvalue weighted by Crippen LogP contribution is 2.19. The molecular formula is C12H17BrFNO. The Morgan fingerprint density at radius 1 is 1.50 bits per heavy atom. The van der Waals surface area contributed by atoms with Gasteiger partial charge in [0.05, 0.1) is 6.61 Å². The Bertz CT molecular complexity index is 333. The van der Waals surface area contributed by atoms with E-state index in [1.165, 1.54) is 6.07 Å². The summed E-state index contributed by atoms with van der Waals surface area (Å²) in [5.74, 6) is -0.204. The number of hydrogen-bond acceptors (Lipinski definition) is 2. The first-order valence-electron chi connectivity index (χ1n) is 5.36. The minimum Gasteiger partial charge on any atom is -0.380 e. The van der Waals surface area contributed by atoms with Gasteiger partial charge in [0.1, 0.15) is 5.82 Å². The molecule has 0 aliphatic heterocycles. The summed E-state index contributed by atoms with van der Waals surface area (Å²) in [6.07, 6.45) is 0.745. The summed E-state index contributed by atoms with van der Waals surface area (Å²) >= 11 is 3.42. The molecule has 4 heteroatoms. The third kappa shape index (κ3) is 4.20. The van der Waals surface area contributed by atoms with E-state index in [9.17, 15) is 4.39 Å². The van der Waals surface area contributed by atoms with E-state index in [4.69, 9.17) is 4.74 Å². The number of halogens is 2. The lowest BCUT2D eigenvalue weighted by Crippen LogP contribution is -2.32. The second-order valence-corrected chi connectivity index (χ2v) is 4.44. The second-order valence-electron chi connectivity index (χ2n) is 3.58. The fourth-order valence-corrected chi connectivity index (χ4v) is 1.88. The highest BCUT2D eigenvalue weighted by Gasteiger charge is 2.10. The molecule has 16 heavy (non-hydrogen) atoms. The minimum absolute atomic E-state index is 0.204. The lowest BCUT2D eigenvalue weighted by Gasteiger charge is -2.16. The van der Waals surface area contributed by atoms with Gasteiger partial charge in [-0.2, -0.15) is 0 Å². The van der Waals surface area contributed by atoms with E-state index in [2.05, 4.69) is 21.2 Å². The standard InChI is InChI=1S/C12H17BrFNO/c1-3-16-8-11(15-2)7-9-6-10(14)4-5-12(9)13/h4-6,11,15H,3,7-8H2,1-2H3. The van der Waals surface area contributed by atoms with Crippen LogP contribution in [0.4, 0.5) is 4.39 Å². The van der Waals surface area contributed by atoms with Crippen LogP contribution in [0.3, 0.4) is 0 Å². The van der Waals surface area contributed by atoms with Crippen LogP contribution < -0.4 is 5.32 Å². The summed E-state index contributed by atoms with van der Waals surface area (Å²) in [5.41, 5.74) is 0.957. The van der Waals surface area contributed by atoms with E-state index in [-0.39, 0.29) is 11.9 Å². The monoisotopic (exact) mass is 289 g/mol. The average molecular weight is 290 g/mol. The quantitative estimate of drug-likeness (QED) is 0.870. The maximum atomic E-state index is 13.1. The molecule has 0 aliphatic carbocycles. The van der Waals surface area contributed by atoms with Gasteiger partial charge in [0.2, 0.25) is 0 Å². The minimum atomic E-state index is -0.204. The first-order valence-corrected chi connectivity index (χ1v) is 6.15. The van der Waals surface area contributed by atoms with Gasteiger partial charge in [0.25, 0.3) is 0 Å².